The maximum absolute atomic E-state index is 9.62. The molecule has 0 radical (unpaired) electrons. The second-order valence-electron chi connectivity index (χ2n) is 5.01. The highest BCUT2D eigenvalue weighted by molar-refractivity contribution is 9.10. The second kappa shape index (κ2) is 4.64. The first-order valence-electron chi connectivity index (χ1n) is 6.73. The summed E-state index contributed by atoms with van der Waals surface area (Å²) in [6, 6.07) is 22.1. The van der Waals surface area contributed by atoms with Crippen LogP contribution in [-0.4, -0.2) is 9.67 Å². The number of rotatable bonds is 1. The van der Waals surface area contributed by atoms with Crippen LogP contribution < -0.4 is 0 Å². The number of aromatic nitrogens is 1. The molecular formula is C18H12BrNO. The van der Waals surface area contributed by atoms with Gasteiger partial charge in [-0.15, -0.1) is 0 Å². The number of hydrogen-bond donors (Lipinski definition) is 1. The van der Waals surface area contributed by atoms with Crippen molar-refractivity contribution in [3.05, 3.63) is 71.2 Å². The highest BCUT2D eigenvalue weighted by atomic mass is 79.9. The number of phenolic OH excluding ortho intramolecular Hbond substituents is 1. The molecule has 1 N–H and O–H groups in total. The average Bonchev–Trinajstić information content (AvgIpc) is 2.82. The van der Waals surface area contributed by atoms with Gasteiger partial charge in [0, 0.05) is 15.2 Å². The maximum Gasteiger partial charge on any atom is 0.116 e. The highest BCUT2D eigenvalue weighted by Gasteiger charge is 2.13. The van der Waals surface area contributed by atoms with Crippen LogP contribution in [0.5, 0.6) is 5.75 Å². The van der Waals surface area contributed by atoms with Crippen molar-refractivity contribution in [2.24, 2.45) is 0 Å². The Bertz CT molecular complexity index is 918. The van der Waals surface area contributed by atoms with Crippen LogP contribution in [0.15, 0.2) is 71.2 Å². The van der Waals surface area contributed by atoms with Gasteiger partial charge in [0.25, 0.3) is 0 Å². The molecule has 4 aromatic rings. The van der Waals surface area contributed by atoms with E-state index in [1.807, 2.05) is 18.2 Å². The van der Waals surface area contributed by atoms with Crippen LogP contribution in [0.1, 0.15) is 0 Å². The minimum Gasteiger partial charge on any atom is -0.508 e. The Labute approximate surface area is 130 Å². The van der Waals surface area contributed by atoms with E-state index in [4.69, 9.17) is 0 Å². The molecule has 0 saturated carbocycles. The van der Waals surface area contributed by atoms with Crippen LogP contribution in [0, 0.1) is 0 Å². The number of phenols is 1. The summed E-state index contributed by atoms with van der Waals surface area (Å²) in [4.78, 5) is 0. The van der Waals surface area contributed by atoms with Gasteiger partial charge in [0.15, 0.2) is 0 Å². The summed E-state index contributed by atoms with van der Waals surface area (Å²) in [5.41, 5.74) is 3.33. The Balaban J connectivity index is 2.20. The van der Waals surface area contributed by atoms with Gasteiger partial charge in [-0.25, -0.2) is 0 Å². The van der Waals surface area contributed by atoms with Gasteiger partial charge in [-0.2, -0.15) is 0 Å². The zero-order valence-corrected chi connectivity index (χ0v) is 12.7. The molecule has 1 aromatic heterocycles. The summed E-state index contributed by atoms with van der Waals surface area (Å²) in [5.74, 6) is 0.256. The van der Waals surface area contributed by atoms with E-state index >= 15 is 0 Å². The van der Waals surface area contributed by atoms with Gasteiger partial charge in [0.2, 0.25) is 0 Å². The van der Waals surface area contributed by atoms with Crippen molar-refractivity contribution in [2.45, 2.75) is 0 Å². The lowest BCUT2D eigenvalue weighted by Crippen LogP contribution is -1.94. The normalized spacial score (nSPS) is 11.3. The monoisotopic (exact) mass is 337 g/mol. The van der Waals surface area contributed by atoms with Crippen LogP contribution in [0.3, 0.4) is 0 Å². The first-order valence-corrected chi connectivity index (χ1v) is 7.52. The summed E-state index contributed by atoms with van der Waals surface area (Å²) in [7, 11) is 0. The third kappa shape index (κ3) is 1.85. The molecule has 0 spiro atoms. The van der Waals surface area contributed by atoms with Gasteiger partial charge in [-0.1, -0.05) is 36.4 Å². The van der Waals surface area contributed by atoms with Crippen LogP contribution in [0.4, 0.5) is 0 Å². The molecule has 21 heavy (non-hydrogen) atoms. The molecule has 2 nitrogen and oxygen atoms in total. The Morgan fingerprint density at radius 2 is 1.33 bits per heavy atom. The van der Waals surface area contributed by atoms with E-state index in [2.05, 4.69) is 56.9 Å². The van der Waals surface area contributed by atoms with Crippen LogP contribution in [0.2, 0.25) is 0 Å². The van der Waals surface area contributed by atoms with E-state index < -0.39 is 0 Å². The van der Waals surface area contributed by atoms with Crippen LogP contribution in [-0.2, 0) is 0 Å². The molecule has 0 aliphatic rings. The van der Waals surface area contributed by atoms with Crippen molar-refractivity contribution in [3.63, 3.8) is 0 Å². The zero-order valence-electron chi connectivity index (χ0n) is 11.1. The fraction of sp³-hybridized carbons (Fsp3) is 0. The van der Waals surface area contributed by atoms with E-state index in [0.29, 0.717) is 0 Å². The molecule has 0 aliphatic heterocycles. The topological polar surface area (TPSA) is 25.2 Å². The molecule has 4 rings (SSSR count). The molecule has 0 amide bonds. The molecule has 102 valence electrons. The Kier molecular flexibility index (Phi) is 2.76. The summed E-state index contributed by atoms with van der Waals surface area (Å²) in [6.07, 6.45) is 0. The molecule has 0 fully saturated rings. The van der Waals surface area contributed by atoms with Crippen molar-refractivity contribution >= 4 is 37.7 Å². The fourth-order valence-corrected chi connectivity index (χ4v) is 3.40. The third-order valence-electron chi connectivity index (χ3n) is 3.75. The minimum absolute atomic E-state index is 0.256. The van der Waals surface area contributed by atoms with Crippen molar-refractivity contribution in [1.82, 2.24) is 4.57 Å². The van der Waals surface area contributed by atoms with Crippen LogP contribution >= 0.6 is 15.9 Å². The molecule has 0 atom stereocenters. The van der Waals surface area contributed by atoms with E-state index in [-0.39, 0.29) is 5.75 Å². The highest BCUT2D eigenvalue weighted by Crippen LogP contribution is 2.35. The van der Waals surface area contributed by atoms with Crippen molar-refractivity contribution in [2.75, 3.05) is 0 Å². The summed E-state index contributed by atoms with van der Waals surface area (Å²) < 4.78 is 3.09. The molecule has 1 heterocycles. The Morgan fingerprint density at radius 1 is 0.762 bits per heavy atom. The molecule has 0 unspecified atom stereocenters. The predicted molar refractivity (Wildman–Crippen MR) is 90.1 cm³/mol. The average molecular weight is 338 g/mol. The van der Waals surface area contributed by atoms with Gasteiger partial charge < -0.3 is 9.67 Å². The standard InChI is InChI=1S/C18H12BrNO/c19-15-11-12(21)9-10-18(15)20-16-7-3-1-5-13(16)14-6-2-4-8-17(14)20/h1-11,21H. The SMILES string of the molecule is Oc1ccc(-n2c3ccccc3c3ccccc32)c(Br)c1. The van der Waals surface area contributed by atoms with Gasteiger partial charge in [0.1, 0.15) is 5.75 Å². The van der Waals surface area contributed by atoms with Gasteiger partial charge >= 0.3 is 0 Å². The zero-order chi connectivity index (χ0) is 14.4. The van der Waals surface area contributed by atoms with E-state index in [1.165, 1.54) is 10.8 Å². The lowest BCUT2D eigenvalue weighted by molar-refractivity contribution is 0.475. The second-order valence-corrected chi connectivity index (χ2v) is 5.86. The van der Waals surface area contributed by atoms with Crippen molar-refractivity contribution < 1.29 is 5.11 Å². The van der Waals surface area contributed by atoms with Gasteiger partial charge in [-0.05, 0) is 46.3 Å². The van der Waals surface area contributed by atoms with Gasteiger partial charge in [0.05, 0.1) is 16.7 Å². The maximum atomic E-state index is 9.62. The summed E-state index contributed by atoms with van der Waals surface area (Å²) in [6.45, 7) is 0. The number of hydrogen-bond acceptors (Lipinski definition) is 1. The fourth-order valence-electron chi connectivity index (χ4n) is 2.86. The molecule has 3 aromatic carbocycles. The van der Waals surface area contributed by atoms with E-state index in [0.717, 1.165) is 21.2 Å². The number of para-hydroxylation sites is 2. The number of benzene rings is 3. The van der Waals surface area contributed by atoms with Crippen LogP contribution in [0.25, 0.3) is 27.5 Å². The van der Waals surface area contributed by atoms with Crippen molar-refractivity contribution in [1.29, 1.82) is 0 Å². The number of halogens is 1. The molecule has 3 heteroatoms. The summed E-state index contributed by atoms with van der Waals surface area (Å²) >= 11 is 3.56. The molecule has 0 saturated heterocycles. The minimum atomic E-state index is 0.256. The summed E-state index contributed by atoms with van der Waals surface area (Å²) in [5, 5.41) is 12.1. The Morgan fingerprint density at radius 3 is 1.90 bits per heavy atom. The quantitative estimate of drug-likeness (QED) is 0.504. The lowest BCUT2D eigenvalue weighted by Gasteiger charge is -2.10. The molecular weight excluding hydrogens is 326 g/mol. The largest absolute Gasteiger partial charge is 0.508 e. The molecule has 0 aliphatic carbocycles. The Hall–Kier alpha value is -2.26. The number of aromatic hydroxyl groups is 1. The first-order chi connectivity index (χ1) is 10.3. The van der Waals surface area contributed by atoms with E-state index in [9.17, 15) is 5.11 Å². The lowest BCUT2D eigenvalue weighted by atomic mass is 10.2. The first kappa shape index (κ1) is 12.5. The third-order valence-corrected chi connectivity index (χ3v) is 4.39. The predicted octanol–water partition coefficient (Wildman–Crippen LogP) is 5.25. The van der Waals surface area contributed by atoms with E-state index in [1.54, 1.807) is 12.1 Å². The van der Waals surface area contributed by atoms with Gasteiger partial charge in [-0.3, -0.25) is 0 Å². The van der Waals surface area contributed by atoms with Crippen molar-refractivity contribution in [3.8, 4) is 11.4 Å². The smallest absolute Gasteiger partial charge is 0.116 e. The number of nitrogens with zero attached hydrogens (tertiary/aromatic N) is 1. The molecule has 0 bridgehead atoms. The number of fused-ring (bicyclic) bond motifs is 3.